The van der Waals surface area contributed by atoms with Gasteiger partial charge in [-0.2, -0.15) is 0 Å². The fourth-order valence-corrected chi connectivity index (χ4v) is 4.83. The molecule has 0 saturated carbocycles. The second kappa shape index (κ2) is 9.45. The van der Waals surface area contributed by atoms with Gasteiger partial charge in [-0.05, 0) is 66.0 Å². The fraction of sp³-hybridized carbons (Fsp3) is 0.407. The van der Waals surface area contributed by atoms with Gasteiger partial charge in [-0.3, -0.25) is 10.1 Å². The van der Waals surface area contributed by atoms with Gasteiger partial charge >= 0.3 is 0 Å². The maximum absolute atomic E-state index is 12.3. The summed E-state index contributed by atoms with van der Waals surface area (Å²) in [5.74, 6) is 0.466. The van der Waals surface area contributed by atoms with Crippen LogP contribution < -0.4 is 10.1 Å². The number of amides is 1. The van der Waals surface area contributed by atoms with E-state index in [0.29, 0.717) is 10.9 Å². The first kappa shape index (κ1) is 24.0. The highest BCUT2D eigenvalue weighted by molar-refractivity contribution is 7.14. The van der Waals surface area contributed by atoms with Crippen LogP contribution in [0.4, 0.5) is 5.13 Å². The molecule has 2 aromatic carbocycles. The Labute approximate surface area is 196 Å². The number of thiazole rings is 1. The van der Waals surface area contributed by atoms with Crippen molar-refractivity contribution in [1.29, 1.82) is 0 Å². The predicted molar refractivity (Wildman–Crippen MR) is 135 cm³/mol. The average molecular weight is 451 g/mol. The lowest BCUT2D eigenvalue weighted by atomic mass is 9.72. The van der Waals surface area contributed by atoms with E-state index < -0.39 is 0 Å². The summed E-state index contributed by atoms with van der Waals surface area (Å²) >= 11 is 1.41. The van der Waals surface area contributed by atoms with E-state index in [1.807, 2.05) is 17.5 Å². The molecule has 1 aromatic heterocycles. The maximum atomic E-state index is 12.3. The molecule has 0 bridgehead atoms. The van der Waals surface area contributed by atoms with Crippen LogP contribution in [0.15, 0.2) is 47.8 Å². The highest BCUT2D eigenvalue weighted by atomic mass is 32.1. The van der Waals surface area contributed by atoms with Crippen LogP contribution in [0.25, 0.3) is 11.3 Å². The van der Waals surface area contributed by atoms with Crippen molar-refractivity contribution in [2.45, 2.75) is 60.3 Å². The lowest BCUT2D eigenvalue weighted by Crippen LogP contribution is -2.24. The Hall–Kier alpha value is -2.66. The standard InChI is InChI=1S/C27H34N2O2S/c1-18-8-9-20(14-19(18)2)23-16-32-25(28-23)29-24(30)15-31-22-12-10-21(11-13-22)27(6,7)17-26(3,4)5/h8-14,16H,15,17H2,1-7H3,(H,28,29,30). The van der Waals surface area contributed by atoms with Gasteiger partial charge in [0.2, 0.25) is 0 Å². The summed E-state index contributed by atoms with van der Waals surface area (Å²) in [5.41, 5.74) is 5.99. The number of nitrogens with zero attached hydrogens (tertiary/aromatic N) is 1. The van der Waals surface area contributed by atoms with E-state index in [-0.39, 0.29) is 23.3 Å². The Morgan fingerprint density at radius 1 is 1.00 bits per heavy atom. The summed E-state index contributed by atoms with van der Waals surface area (Å²) in [4.78, 5) is 16.9. The average Bonchev–Trinajstić information content (AvgIpc) is 3.15. The van der Waals surface area contributed by atoms with Crippen LogP contribution in [-0.2, 0) is 10.2 Å². The third kappa shape index (κ3) is 6.42. The summed E-state index contributed by atoms with van der Waals surface area (Å²) < 4.78 is 5.69. The monoisotopic (exact) mass is 450 g/mol. The van der Waals surface area contributed by atoms with Crippen molar-refractivity contribution in [2.24, 2.45) is 5.41 Å². The third-order valence-electron chi connectivity index (χ3n) is 5.53. The van der Waals surface area contributed by atoms with E-state index in [1.54, 1.807) is 0 Å². The minimum absolute atomic E-state index is 0.0523. The van der Waals surface area contributed by atoms with Crippen LogP contribution in [0.3, 0.4) is 0 Å². The maximum Gasteiger partial charge on any atom is 0.264 e. The first-order chi connectivity index (χ1) is 14.9. The second-order valence-corrected chi connectivity index (χ2v) is 11.2. The van der Waals surface area contributed by atoms with Gasteiger partial charge in [-0.15, -0.1) is 11.3 Å². The van der Waals surface area contributed by atoms with Crippen molar-refractivity contribution in [3.8, 4) is 17.0 Å². The van der Waals surface area contributed by atoms with Crippen LogP contribution in [0, 0.1) is 19.3 Å². The molecule has 3 aromatic rings. The van der Waals surface area contributed by atoms with Crippen molar-refractivity contribution in [3.05, 3.63) is 64.5 Å². The van der Waals surface area contributed by atoms with E-state index >= 15 is 0 Å². The van der Waals surface area contributed by atoms with E-state index in [2.05, 4.69) is 89.1 Å². The summed E-state index contributed by atoms with van der Waals surface area (Å²) in [6.07, 6.45) is 1.08. The van der Waals surface area contributed by atoms with Crippen LogP contribution in [0.5, 0.6) is 5.75 Å². The fourth-order valence-electron chi connectivity index (χ4n) is 4.10. The normalized spacial score (nSPS) is 12.0. The Balaban J connectivity index is 1.55. The van der Waals surface area contributed by atoms with E-state index in [1.165, 1.54) is 28.0 Å². The minimum atomic E-state index is -0.219. The number of carbonyl (C=O) groups is 1. The van der Waals surface area contributed by atoms with Crippen LogP contribution in [0.2, 0.25) is 0 Å². The van der Waals surface area contributed by atoms with Gasteiger partial charge in [0.25, 0.3) is 5.91 Å². The van der Waals surface area contributed by atoms with E-state index in [0.717, 1.165) is 17.7 Å². The van der Waals surface area contributed by atoms with Gasteiger partial charge in [0.1, 0.15) is 5.75 Å². The molecule has 1 N–H and O–H groups in total. The highest BCUT2D eigenvalue weighted by Crippen LogP contribution is 2.36. The number of benzene rings is 2. The molecule has 0 aliphatic carbocycles. The first-order valence-electron chi connectivity index (χ1n) is 11.0. The number of anilines is 1. The van der Waals surface area contributed by atoms with Crippen molar-refractivity contribution < 1.29 is 9.53 Å². The van der Waals surface area contributed by atoms with Crippen molar-refractivity contribution in [2.75, 3.05) is 11.9 Å². The molecule has 32 heavy (non-hydrogen) atoms. The highest BCUT2D eigenvalue weighted by Gasteiger charge is 2.27. The smallest absolute Gasteiger partial charge is 0.264 e. The molecule has 1 amide bonds. The molecule has 0 fully saturated rings. The van der Waals surface area contributed by atoms with Crippen LogP contribution in [-0.4, -0.2) is 17.5 Å². The molecule has 3 rings (SSSR count). The van der Waals surface area contributed by atoms with Crippen molar-refractivity contribution >= 4 is 22.4 Å². The Kier molecular flexibility index (Phi) is 7.09. The lowest BCUT2D eigenvalue weighted by Gasteiger charge is -2.33. The Morgan fingerprint density at radius 3 is 2.31 bits per heavy atom. The minimum Gasteiger partial charge on any atom is -0.484 e. The predicted octanol–water partition coefficient (Wildman–Crippen LogP) is 7.16. The number of nitrogens with one attached hydrogen (secondary N) is 1. The Bertz CT molecular complexity index is 1080. The molecule has 4 nitrogen and oxygen atoms in total. The van der Waals surface area contributed by atoms with Gasteiger partial charge in [0.15, 0.2) is 11.7 Å². The molecular weight excluding hydrogens is 416 g/mol. The van der Waals surface area contributed by atoms with Crippen molar-refractivity contribution in [3.63, 3.8) is 0 Å². The molecule has 0 aliphatic rings. The van der Waals surface area contributed by atoms with Crippen LogP contribution >= 0.6 is 11.3 Å². The van der Waals surface area contributed by atoms with E-state index in [4.69, 9.17) is 4.74 Å². The summed E-state index contributed by atoms with van der Waals surface area (Å²) in [5, 5.41) is 5.37. The first-order valence-corrected chi connectivity index (χ1v) is 11.9. The lowest BCUT2D eigenvalue weighted by molar-refractivity contribution is -0.118. The van der Waals surface area contributed by atoms with Crippen LogP contribution in [0.1, 0.15) is 57.7 Å². The number of aryl methyl sites for hydroxylation is 2. The molecular formula is C27H34N2O2S. The number of ether oxygens (including phenoxy) is 1. The topological polar surface area (TPSA) is 51.2 Å². The SMILES string of the molecule is Cc1ccc(-c2csc(NC(=O)COc3ccc(C(C)(C)CC(C)(C)C)cc3)n2)cc1C. The summed E-state index contributed by atoms with van der Waals surface area (Å²) in [6, 6.07) is 14.3. The molecule has 5 heteroatoms. The Morgan fingerprint density at radius 2 is 1.69 bits per heavy atom. The number of hydrogen-bond donors (Lipinski definition) is 1. The number of carbonyl (C=O) groups excluding carboxylic acids is 1. The molecule has 0 spiro atoms. The van der Waals surface area contributed by atoms with Crippen molar-refractivity contribution in [1.82, 2.24) is 4.98 Å². The molecule has 0 saturated heterocycles. The molecule has 0 atom stereocenters. The molecule has 0 unspecified atom stereocenters. The molecule has 170 valence electrons. The zero-order valence-corrected chi connectivity index (χ0v) is 21.0. The van der Waals surface area contributed by atoms with Gasteiger partial charge in [0.05, 0.1) is 5.69 Å². The van der Waals surface area contributed by atoms with Gasteiger partial charge in [-0.25, -0.2) is 4.98 Å². The van der Waals surface area contributed by atoms with Gasteiger partial charge < -0.3 is 4.74 Å². The summed E-state index contributed by atoms with van der Waals surface area (Å²) in [7, 11) is 0. The zero-order chi connectivity index (χ0) is 23.5. The molecule has 0 aliphatic heterocycles. The quantitative estimate of drug-likeness (QED) is 0.415. The number of rotatable bonds is 7. The molecule has 0 radical (unpaired) electrons. The second-order valence-electron chi connectivity index (χ2n) is 10.3. The molecule has 1 heterocycles. The van der Waals surface area contributed by atoms with Gasteiger partial charge in [-0.1, -0.05) is 58.9 Å². The summed E-state index contributed by atoms with van der Waals surface area (Å²) in [6.45, 7) is 15.4. The number of aromatic nitrogens is 1. The number of hydrogen-bond acceptors (Lipinski definition) is 4. The van der Waals surface area contributed by atoms with Gasteiger partial charge in [0, 0.05) is 10.9 Å². The third-order valence-corrected chi connectivity index (χ3v) is 6.29. The largest absolute Gasteiger partial charge is 0.484 e. The van der Waals surface area contributed by atoms with E-state index in [9.17, 15) is 4.79 Å². The zero-order valence-electron chi connectivity index (χ0n) is 20.2.